The molecule has 2 unspecified atom stereocenters. The van der Waals surface area contributed by atoms with Crippen molar-refractivity contribution < 1.29 is 9.53 Å². The molecule has 1 N–H and O–H groups in total. The highest BCUT2D eigenvalue weighted by atomic mass is 79.9. The second-order valence-electron chi connectivity index (χ2n) is 5.34. The maximum Gasteiger partial charge on any atom is 0.337 e. The molecule has 0 amide bonds. The monoisotopic (exact) mass is 371 g/mol. The molecule has 1 fully saturated rings. The van der Waals surface area contributed by atoms with E-state index in [1.807, 2.05) is 30.0 Å². The Balaban J connectivity index is 1.98. The number of carbonyl (C=O) groups excluding carboxylic acids is 1. The van der Waals surface area contributed by atoms with Crippen LogP contribution in [-0.4, -0.2) is 30.6 Å². The van der Waals surface area contributed by atoms with Gasteiger partial charge < -0.3 is 10.1 Å². The molecule has 0 heterocycles. The number of hydrogen-bond donors (Lipinski definition) is 1. The second-order valence-corrected chi connectivity index (χ2v) is 7.28. The summed E-state index contributed by atoms with van der Waals surface area (Å²) in [5.41, 5.74) is 1.75. The summed E-state index contributed by atoms with van der Waals surface area (Å²) in [5, 5.41) is 4.39. The Morgan fingerprint density at radius 2 is 2.19 bits per heavy atom. The SMILES string of the molecule is COC(=O)c1ccc(CNC2CCCCC2SC)c(Br)c1. The van der Waals surface area contributed by atoms with Gasteiger partial charge >= 0.3 is 5.97 Å². The minimum absolute atomic E-state index is 0.301. The first-order valence-electron chi connectivity index (χ1n) is 7.28. The maximum absolute atomic E-state index is 11.5. The molecule has 1 aromatic carbocycles. The summed E-state index contributed by atoms with van der Waals surface area (Å²) in [7, 11) is 1.40. The second kappa shape index (κ2) is 8.20. The molecule has 116 valence electrons. The predicted octanol–water partition coefficient (Wildman–Crippen LogP) is 4.00. The first kappa shape index (κ1) is 16.8. The number of methoxy groups -OCH3 is 1. The summed E-state index contributed by atoms with van der Waals surface area (Å²) in [6.45, 7) is 0.823. The molecule has 0 bridgehead atoms. The van der Waals surface area contributed by atoms with Gasteiger partial charge in [-0.2, -0.15) is 11.8 Å². The molecule has 0 radical (unpaired) electrons. The lowest BCUT2D eigenvalue weighted by molar-refractivity contribution is 0.0600. The van der Waals surface area contributed by atoms with E-state index in [0.717, 1.165) is 11.0 Å². The van der Waals surface area contributed by atoms with Crippen molar-refractivity contribution in [2.45, 2.75) is 43.5 Å². The number of ether oxygens (including phenoxy) is 1. The van der Waals surface area contributed by atoms with Crippen molar-refractivity contribution >= 4 is 33.7 Å². The highest BCUT2D eigenvalue weighted by Gasteiger charge is 2.23. The minimum atomic E-state index is -0.301. The van der Waals surface area contributed by atoms with Crippen molar-refractivity contribution in [2.75, 3.05) is 13.4 Å². The number of thioether (sulfide) groups is 1. The van der Waals surface area contributed by atoms with E-state index in [4.69, 9.17) is 4.74 Å². The van der Waals surface area contributed by atoms with Crippen LogP contribution in [0.4, 0.5) is 0 Å². The van der Waals surface area contributed by atoms with E-state index in [-0.39, 0.29) is 5.97 Å². The van der Waals surface area contributed by atoms with E-state index < -0.39 is 0 Å². The Labute approximate surface area is 139 Å². The molecule has 0 spiro atoms. The van der Waals surface area contributed by atoms with Crippen molar-refractivity contribution in [1.29, 1.82) is 0 Å². The topological polar surface area (TPSA) is 38.3 Å². The lowest BCUT2D eigenvalue weighted by atomic mass is 9.94. The molecule has 2 atom stereocenters. The zero-order valence-corrected chi connectivity index (χ0v) is 14.9. The van der Waals surface area contributed by atoms with Crippen LogP contribution < -0.4 is 5.32 Å². The zero-order chi connectivity index (χ0) is 15.2. The van der Waals surface area contributed by atoms with Gasteiger partial charge in [-0.05, 0) is 36.8 Å². The van der Waals surface area contributed by atoms with Gasteiger partial charge in [-0.15, -0.1) is 0 Å². The van der Waals surface area contributed by atoms with Gasteiger partial charge in [0.05, 0.1) is 12.7 Å². The van der Waals surface area contributed by atoms with Gasteiger partial charge in [0.15, 0.2) is 0 Å². The van der Waals surface area contributed by atoms with Gasteiger partial charge in [0.25, 0.3) is 0 Å². The lowest BCUT2D eigenvalue weighted by Crippen LogP contribution is -2.40. The highest BCUT2D eigenvalue weighted by molar-refractivity contribution is 9.10. The summed E-state index contributed by atoms with van der Waals surface area (Å²) >= 11 is 5.52. The molecule has 1 saturated carbocycles. The summed E-state index contributed by atoms with van der Waals surface area (Å²) in [5.74, 6) is -0.301. The Hall–Kier alpha value is -0.520. The average molecular weight is 372 g/mol. The molecule has 5 heteroatoms. The third-order valence-electron chi connectivity index (χ3n) is 4.03. The van der Waals surface area contributed by atoms with E-state index in [9.17, 15) is 4.79 Å². The summed E-state index contributed by atoms with van der Waals surface area (Å²) in [6.07, 6.45) is 7.43. The Morgan fingerprint density at radius 3 is 2.86 bits per heavy atom. The fraction of sp³-hybridized carbons (Fsp3) is 0.562. The van der Waals surface area contributed by atoms with Crippen LogP contribution in [-0.2, 0) is 11.3 Å². The third-order valence-corrected chi connectivity index (χ3v) is 5.94. The number of nitrogens with one attached hydrogen (secondary N) is 1. The van der Waals surface area contributed by atoms with Gasteiger partial charge in [0.2, 0.25) is 0 Å². The standard InChI is InChI=1S/C16H22BrNO2S/c1-20-16(19)11-7-8-12(13(17)9-11)10-18-14-5-3-4-6-15(14)21-2/h7-9,14-15,18H,3-6,10H2,1-2H3. The molecular formula is C16H22BrNO2S. The van der Waals surface area contributed by atoms with Crippen molar-refractivity contribution in [1.82, 2.24) is 5.32 Å². The fourth-order valence-electron chi connectivity index (χ4n) is 2.79. The number of halogens is 1. The van der Waals surface area contributed by atoms with Crippen LogP contribution in [0.3, 0.4) is 0 Å². The van der Waals surface area contributed by atoms with Crippen LogP contribution in [0.5, 0.6) is 0 Å². The highest BCUT2D eigenvalue weighted by Crippen LogP contribution is 2.28. The van der Waals surface area contributed by atoms with Crippen molar-refractivity contribution in [3.05, 3.63) is 33.8 Å². The first-order valence-corrected chi connectivity index (χ1v) is 9.36. The molecular weight excluding hydrogens is 350 g/mol. The van der Waals surface area contributed by atoms with Crippen molar-refractivity contribution in [2.24, 2.45) is 0 Å². The number of benzene rings is 1. The first-order chi connectivity index (χ1) is 10.2. The van der Waals surface area contributed by atoms with Crippen LogP contribution >= 0.6 is 27.7 Å². The Morgan fingerprint density at radius 1 is 1.43 bits per heavy atom. The van der Waals surface area contributed by atoms with E-state index >= 15 is 0 Å². The number of hydrogen-bond acceptors (Lipinski definition) is 4. The number of carbonyl (C=O) groups is 1. The quantitative estimate of drug-likeness (QED) is 0.793. The molecule has 0 saturated heterocycles. The van der Waals surface area contributed by atoms with E-state index in [0.29, 0.717) is 16.9 Å². The van der Waals surface area contributed by atoms with Crippen molar-refractivity contribution in [3.8, 4) is 0 Å². The Bertz CT molecular complexity index is 495. The lowest BCUT2D eigenvalue weighted by Gasteiger charge is -2.31. The van der Waals surface area contributed by atoms with Gasteiger partial charge in [-0.1, -0.05) is 34.8 Å². The third kappa shape index (κ3) is 4.47. The van der Waals surface area contributed by atoms with E-state index in [1.165, 1.54) is 38.4 Å². The molecule has 2 rings (SSSR count). The molecule has 1 aliphatic carbocycles. The summed E-state index contributed by atoms with van der Waals surface area (Å²) in [4.78, 5) is 11.5. The summed E-state index contributed by atoms with van der Waals surface area (Å²) in [6, 6.07) is 6.22. The molecule has 3 nitrogen and oxygen atoms in total. The van der Waals surface area contributed by atoms with Crippen LogP contribution in [0.2, 0.25) is 0 Å². The van der Waals surface area contributed by atoms with Crippen LogP contribution in [0.15, 0.2) is 22.7 Å². The average Bonchev–Trinajstić information content (AvgIpc) is 2.53. The molecule has 1 aromatic rings. The summed E-state index contributed by atoms with van der Waals surface area (Å²) < 4.78 is 5.69. The largest absolute Gasteiger partial charge is 0.465 e. The van der Waals surface area contributed by atoms with E-state index in [1.54, 1.807) is 0 Å². The van der Waals surface area contributed by atoms with Gasteiger partial charge in [-0.3, -0.25) is 0 Å². The van der Waals surface area contributed by atoms with E-state index in [2.05, 4.69) is 27.5 Å². The van der Waals surface area contributed by atoms with Gasteiger partial charge in [0, 0.05) is 22.3 Å². The van der Waals surface area contributed by atoms with Gasteiger partial charge in [0.1, 0.15) is 0 Å². The van der Waals surface area contributed by atoms with Gasteiger partial charge in [-0.25, -0.2) is 4.79 Å². The predicted molar refractivity (Wildman–Crippen MR) is 91.9 cm³/mol. The van der Waals surface area contributed by atoms with Crippen LogP contribution in [0.25, 0.3) is 0 Å². The fourth-order valence-corrected chi connectivity index (χ4v) is 4.27. The van der Waals surface area contributed by atoms with Crippen LogP contribution in [0, 0.1) is 0 Å². The smallest absolute Gasteiger partial charge is 0.337 e. The number of esters is 1. The minimum Gasteiger partial charge on any atom is -0.465 e. The molecule has 21 heavy (non-hydrogen) atoms. The van der Waals surface area contributed by atoms with Crippen LogP contribution in [0.1, 0.15) is 41.6 Å². The number of rotatable bonds is 5. The molecule has 0 aliphatic heterocycles. The molecule has 0 aromatic heterocycles. The zero-order valence-electron chi connectivity index (χ0n) is 12.5. The Kier molecular flexibility index (Phi) is 6.58. The van der Waals surface area contributed by atoms with Crippen molar-refractivity contribution in [3.63, 3.8) is 0 Å². The maximum atomic E-state index is 11.5. The molecule has 1 aliphatic rings. The normalized spacial score (nSPS) is 22.0.